The van der Waals surface area contributed by atoms with Crippen molar-refractivity contribution in [1.29, 1.82) is 0 Å². The zero-order valence-corrected chi connectivity index (χ0v) is 12.2. The maximum absolute atomic E-state index is 6.05. The lowest BCUT2D eigenvalue weighted by Gasteiger charge is -2.30. The van der Waals surface area contributed by atoms with Crippen LogP contribution in [0.15, 0.2) is 42.5 Å². The summed E-state index contributed by atoms with van der Waals surface area (Å²) in [7, 11) is 0. The van der Waals surface area contributed by atoms with Crippen molar-refractivity contribution < 1.29 is 0 Å². The quantitative estimate of drug-likeness (QED) is 0.701. The maximum Gasteiger partial charge on any atom is 0.129 e. The topological polar surface area (TPSA) is 47.1 Å². The molecule has 106 valence electrons. The normalized spacial score (nSPS) is 14.4. The van der Waals surface area contributed by atoms with Crippen LogP contribution >= 0.6 is 11.6 Å². The highest BCUT2D eigenvalue weighted by molar-refractivity contribution is 6.31. The van der Waals surface area contributed by atoms with Crippen molar-refractivity contribution in [3.05, 3.63) is 53.3 Å². The average molecular weight is 299 g/mol. The largest absolute Gasteiger partial charge is 0.399 e. The highest BCUT2D eigenvalue weighted by Crippen LogP contribution is 2.27. The third-order valence-corrected chi connectivity index (χ3v) is 4.19. The van der Waals surface area contributed by atoms with Gasteiger partial charge in [-0.1, -0.05) is 17.7 Å². The van der Waals surface area contributed by atoms with Crippen molar-refractivity contribution in [3.8, 4) is 0 Å². The van der Waals surface area contributed by atoms with Crippen LogP contribution in [-0.4, -0.2) is 16.1 Å². The molecule has 2 heterocycles. The number of fused-ring (bicyclic) bond motifs is 3. The highest BCUT2D eigenvalue weighted by atomic mass is 35.5. The molecule has 0 unspecified atom stereocenters. The van der Waals surface area contributed by atoms with Gasteiger partial charge in [-0.25, -0.2) is 4.98 Å². The van der Waals surface area contributed by atoms with Crippen LogP contribution in [0.1, 0.15) is 5.82 Å². The van der Waals surface area contributed by atoms with Gasteiger partial charge in [-0.15, -0.1) is 0 Å². The molecule has 0 radical (unpaired) electrons. The Morgan fingerprint density at radius 1 is 1.10 bits per heavy atom. The molecule has 4 nitrogen and oxygen atoms in total. The van der Waals surface area contributed by atoms with Crippen LogP contribution in [-0.2, 0) is 13.1 Å². The molecule has 2 aromatic carbocycles. The molecule has 1 aliphatic rings. The molecule has 1 aliphatic heterocycles. The fourth-order valence-corrected chi connectivity index (χ4v) is 3.10. The van der Waals surface area contributed by atoms with Crippen LogP contribution in [0.2, 0.25) is 5.02 Å². The van der Waals surface area contributed by atoms with Gasteiger partial charge in [0, 0.05) is 29.5 Å². The lowest BCUT2D eigenvalue weighted by Crippen LogP contribution is -2.33. The van der Waals surface area contributed by atoms with E-state index in [1.165, 1.54) is 0 Å². The number of nitrogen functional groups attached to an aromatic ring is 1. The van der Waals surface area contributed by atoms with E-state index in [1.54, 1.807) is 0 Å². The second-order valence-electron chi connectivity index (χ2n) is 5.33. The number of anilines is 2. The number of hydrogen-bond donors (Lipinski definition) is 1. The maximum atomic E-state index is 6.05. The fraction of sp³-hybridized carbons (Fsp3) is 0.188. The number of rotatable bonds is 1. The summed E-state index contributed by atoms with van der Waals surface area (Å²) < 4.78 is 2.27. The van der Waals surface area contributed by atoms with E-state index in [0.717, 1.165) is 52.9 Å². The van der Waals surface area contributed by atoms with Gasteiger partial charge in [0.15, 0.2) is 0 Å². The van der Waals surface area contributed by atoms with Gasteiger partial charge in [-0.05, 0) is 36.4 Å². The van der Waals surface area contributed by atoms with E-state index in [4.69, 9.17) is 22.3 Å². The van der Waals surface area contributed by atoms with Crippen molar-refractivity contribution in [2.75, 3.05) is 17.2 Å². The predicted molar refractivity (Wildman–Crippen MR) is 86.6 cm³/mol. The Bertz CT molecular complexity index is 824. The molecule has 2 N–H and O–H groups in total. The summed E-state index contributed by atoms with van der Waals surface area (Å²) in [5.41, 5.74) is 9.93. The Morgan fingerprint density at radius 2 is 2.00 bits per heavy atom. The van der Waals surface area contributed by atoms with Crippen molar-refractivity contribution in [3.63, 3.8) is 0 Å². The summed E-state index contributed by atoms with van der Waals surface area (Å²) in [6.07, 6.45) is 0. The van der Waals surface area contributed by atoms with Crippen molar-refractivity contribution in [2.45, 2.75) is 13.1 Å². The molecular formula is C16H15ClN4. The van der Waals surface area contributed by atoms with Gasteiger partial charge >= 0.3 is 0 Å². The van der Waals surface area contributed by atoms with Crippen LogP contribution < -0.4 is 10.6 Å². The number of imidazole rings is 1. The molecule has 3 aromatic rings. The van der Waals surface area contributed by atoms with Gasteiger partial charge in [0.25, 0.3) is 0 Å². The Hall–Kier alpha value is -2.20. The number of benzene rings is 2. The van der Waals surface area contributed by atoms with Crippen molar-refractivity contribution in [2.24, 2.45) is 0 Å². The third-order valence-electron chi connectivity index (χ3n) is 3.95. The summed E-state index contributed by atoms with van der Waals surface area (Å²) in [6, 6.07) is 13.9. The van der Waals surface area contributed by atoms with Gasteiger partial charge in [0.1, 0.15) is 5.82 Å². The summed E-state index contributed by atoms with van der Waals surface area (Å²) in [5.74, 6) is 1.07. The molecule has 0 aliphatic carbocycles. The second-order valence-corrected chi connectivity index (χ2v) is 5.77. The summed E-state index contributed by atoms with van der Waals surface area (Å²) >= 11 is 6.05. The minimum absolute atomic E-state index is 0.727. The van der Waals surface area contributed by atoms with Crippen LogP contribution in [0.5, 0.6) is 0 Å². The van der Waals surface area contributed by atoms with E-state index in [-0.39, 0.29) is 0 Å². The van der Waals surface area contributed by atoms with Crippen LogP contribution in [0.3, 0.4) is 0 Å². The first-order chi connectivity index (χ1) is 10.2. The molecule has 21 heavy (non-hydrogen) atoms. The molecule has 0 fully saturated rings. The Labute approximate surface area is 127 Å². The van der Waals surface area contributed by atoms with E-state index in [2.05, 4.69) is 15.5 Å². The smallest absolute Gasteiger partial charge is 0.129 e. The summed E-state index contributed by atoms with van der Waals surface area (Å²) in [6.45, 7) is 2.66. The first-order valence-electron chi connectivity index (χ1n) is 6.96. The second kappa shape index (κ2) is 4.67. The number of nitrogens with zero attached hydrogens (tertiary/aromatic N) is 3. The summed E-state index contributed by atoms with van der Waals surface area (Å²) in [4.78, 5) is 7.02. The Morgan fingerprint density at radius 3 is 2.86 bits per heavy atom. The molecular weight excluding hydrogens is 284 g/mol. The lowest BCUT2D eigenvalue weighted by molar-refractivity contribution is 0.571. The SMILES string of the molecule is Nc1cccc(N2CCn3c(nc4cc(Cl)ccc43)C2)c1. The summed E-state index contributed by atoms with van der Waals surface area (Å²) in [5, 5.41) is 0.727. The zero-order valence-electron chi connectivity index (χ0n) is 11.5. The van der Waals surface area contributed by atoms with Gasteiger partial charge in [0.05, 0.1) is 17.6 Å². The van der Waals surface area contributed by atoms with Gasteiger partial charge in [-0.2, -0.15) is 0 Å². The number of nitrogens with two attached hydrogens (primary N) is 1. The Balaban J connectivity index is 1.73. The zero-order chi connectivity index (χ0) is 14.4. The molecule has 0 saturated heterocycles. The van der Waals surface area contributed by atoms with Gasteiger partial charge in [0.2, 0.25) is 0 Å². The van der Waals surface area contributed by atoms with E-state index in [9.17, 15) is 0 Å². The Kier molecular flexibility index (Phi) is 2.79. The lowest BCUT2D eigenvalue weighted by atomic mass is 10.2. The van der Waals surface area contributed by atoms with Gasteiger partial charge < -0.3 is 15.2 Å². The molecule has 0 amide bonds. The monoisotopic (exact) mass is 298 g/mol. The molecule has 0 spiro atoms. The van der Waals surface area contributed by atoms with Crippen LogP contribution in [0, 0.1) is 0 Å². The standard InChI is InChI=1S/C16H15ClN4/c17-11-4-5-15-14(8-11)19-16-10-20(6-7-21(15)16)13-3-1-2-12(18)9-13/h1-5,8-9H,6-7,10,18H2. The van der Waals surface area contributed by atoms with E-state index in [1.807, 2.05) is 36.4 Å². The van der Waals surface area contributed by atoms with Gasteiger partial charge in [-0.3, -0.25) is 0 Å². The average Bonchev–Trinajstić information content (AvgIpc) is 2.83. The first-order valence-corrected chi connectivity index (χ1v) is 7.34. The number of hydrogen-bond acceptors (Lipinski definition) is 3. The predicted octanol–water partition coefficient (Wildman–Crippen LogP) is 3.29. The molecule has 0 bridgehead atoms. The highest BCUT2D eigenvalue weighted by Gasteiger charge is 2.20. The molecule has 0 atom stereocenters. The number of aromatic nitrogens is 2. The van der Waals surface area contributed by atoms with Crippen LogP contribution in [0.4, 0.5) is 11.4 Å². The minimum Gasteiger partial charge on any atom is -0.399 e. The van der Waals surface area contributed by atoms with E-state index < -0.39 is 0 Å². The molecule has 0 saturated carbocycles. The third kappa shape index (κ3) is 2.12. The van der Waals surface area contributed by atoms with Crippen molar-refractivity contribution in [1.82, 2.24) is 9.55 Å². The molecule has 5 heteroatoms. The van der Waals surface area contributed by atoms with E-state index in [0.29, 0.717) is 0 Å². The number of halogens is 1. The minimum atomic E-state index is 0.727. The molecule has 1 aromatic heterocycles. The fourth-order valence-electron chi connectivity index (χ4n) is 2.94. The molecule has 4 rings (SSSR count). The first kappa shape index (κ1) is 12.5. The van der Waals surface area contributed by atoms with Crippen LogP contribution in [0.25, 0.3) is 11.0 Å². The van der Waals surface area contributed by atoms with Crippen molar-refractivity contribution >= 4 is 34.0 Å². The van der Waals surface area contributed by atoms with E-state index >= 15 is 0 Å².